The minimum Gasteiger partial charge on any atom is -0.545 e. The molecule has 0 aromatic heterocycles. The fourth-order valence-electron chi connectivity index (χ4n) is 8.71. The molecule has 2 unspecified atom stereocenters. The summed E-state index contributed by atoms with van der Waals surface area (Å²) >= 11 is 0. The van der Waals surface area contributed by atoms with Crippen LogP contribution in [0.15, 0.2) is 12.2 Å². The summed E-state index contributed by atoms with van der Waals surface area (Å²) in [5.41, 5.74) is 0. The largest absolute Gasteiger partial charge is 0.545 e. The molecular formula is C59H113NO8. The van der Waals surface area contributed by atoms with Crippen LogP contribution in [0, 0.1) is 0 Å². The van der Waals surface area contributed by atoms with Crippen LogP contribution in [-0.4, -0.2) is 82.3 Å². The van der Waals surface area contributed by atoms with E-state index in [1.807, 2.05) is 21.1 Å². The number of aliphatic carboxylic acids is 1. The number of allylic oxidation sites excluding steroid dienone is 2. The van der Waals surface area contributed by atoms with Gasteiger partial charge in [0.2, 0.25) is 0 Å². The molecule has 0 N–H and O–H groups in total. The van der Waals surface area contributed by atoms with Crippen LogP contribution in [0.5, 0.6) is 0 Å². The van der Waals surface area contributed by atoms with Crippen molar-refractivity contribution in [2.24, 2.45) is 0 Å². The first-order chi connectivity index (χ1) is 33.1. The van der Waals surface area contributed by atoms with E-state index in [0.29, 0.717) is 17.4 Å². The highest BCUT2D eigenvalue weighted by molar-refractivity contribution is 5.70. The molecule has 0 fully saturated rings. The van der Waals surface area contributed by atoms with Crippen LogP contribution in [0.25, 0.3) is 0 Å². The normalized spacial score (nSPS) is 12.8. The van der Waals surface area contributed by atoms with E-state index in [2.05, 4.69) is 26.0 Å². The van der Waals surface area contributed by atoms with Crippen molar-refractivity contribution in [2.75, 3.05) is 47.5 Å². The molecule has 0 bridgehead atoms. The Kier molecular flexibility index (Phi) is 49.9. The maximum absolute atomic E-state index is 12.9. The highest BCUT2D eigenvalue weighted by Gasteiger charge is 2.22. The van der Waals surface area contributed by atoms with Crippen molar-refractivity contribution < 1.29 is 42.9 Å². The standard InChI is InChI=1S/C59H113NO8/c1-6-8-10-12-14-16-18-20-22-24-26-28-29-30-32-34-36-38-40-42-44-46-48-50-57(62)68-55(54-67-59(58(63)64)65-52-51-60(3,4)5)53-66-56(61)49-47-45-43-41-39-37-35-33-31-27-25-23-21-19-17-15-13-11-9-7-2/h24,26,55,59H,6-23,25,27-54H2,1-5H3/b26-24-. The van der Waals surface area contributed by atoms with Gasteiger partial charge < -0.3 is 33.3 Å². The quantitative estimate of drug-likeness (QED) is 0.0195. The number of likely N-dealkylation sites (N-methyl/N-ethyl adjacent to an activating group) is 1. The molecular weight excluding hydrogens is 851 g/mol. The molecule has 0 aromatic carbocycles. The van der Waals surface area contributed by atoms with E-state index in [0.717, 1.165) is 38.5 Å². The minimum absolute atomic E-state index is 0.151. The third kappa shape index (κ3) is 51.9. The molecule has 0 rings (SSSR count). The number of ether oxygens (including phenoxy) is 4. The second-order valence-electron chi connectivity index (χ2n) is 21.3. The fourth-order valence-corrected chi connectivity index (χ4v) is 8.71. The van der Waals surface area contributed by atoms with Gasteiger partial charge in [0.1, 0.15) is 13.2 Å². The second kappa shape index (κ2) is 51.4. The van der Waals surface area contributed by atoms with E-state index in [-0.39, 0.29) is 32.2 Å². The molecule has 0 aliphatic rings. The van der Waals surface area contributed by atoms with Gasteiger partial charge in [-0.15, -0.1) is 0 Å². The summed E-state index contributed by atoms with van der Waals surface area (Å²) in [7, 11) is 5.93. The number of quaternary nitrogens is 1. The lowest BCUT2D eigenvalue weighted by Crippen LogP contribution is -2.44. The summed E-state index contributed by atoms with van der Waals surface area (Å²) in [6, 6.07) is 0. The Balaban J connectivity index is 4.21. The summed E-state index contributed by atoms with van der Waals surface area (Å²) in [6.45, 7) is 4.81. The molecule has 0 aliphatic carbocycles. The van der Waals surface area contributed by atoms with Gasteiger partial charge >= 0.3 is 11.9 Å². The van der Waals surface area contributed by atoms with Crippen LogP contribution in [0.2, 0.25) is 0 Å². The monoisotopic (exact) mass is 964 g/mol. The van der Waals surface area contributed by atoms with Gasteiger partial charge in [-0.25, -0.2) is 0 Å². The first-order valence-electron chi connectivity index (χ1n) is 29.3. The van der Waals surface area contributed by atoms with E-state index in [9.17, 15) is 19.5 Å². The maximum atomic E-state index is 12.9. The zero-order chi connectivity index (χ0) is 49.9. The predicted octanol–water partition coefficient (Wildman–Crippen LogP) is 15.6. The van der Waals surface area contributed by atoms with E-state index >= 15 is 0 Å². The number of carboxylic acid groups (broad SMARTS) is 1. The molecule has 68 heavy (non-hydrogen) atoms. The van der Waals surface area contributed by atoms with Gasteiger partial charge in [-0.2, -0.15) is 0 Å². The van der Waals surface area contributed by atoms with Crippen molar-refractivity contribution in [2.45, 2.75) is 302 Å². The van der Waals surface area contributed by atoms with Gasteiger partial charge in [0.25, 0.3) is 0 Å². The van der Waals surface area contributed by atoms with Crippen LogP contribution < -0.4 is 5.11 Å². The smallest absolute Gasteiger partial charge is 0.306 e. The summed E-state index contributed by atoms with van der Waals surface area (Å²) in [5, 5.41) is 11.8. The summed E-state index contributed by atoms with van der Waals surface area (Å²) in [6.07, 6.45) is 55.4. The minimum atomic E-state index is -1.62. The van der Waals surface area contributed by atoms with Crippen molar-refractivity contribution in [3.63, 3.8) is 0 Å². The lowest BCUT2D eigenvalue weighted by Gasteiger charge is -2.26. The van der Waals surface area contributed by atoms with Crippen LogP contribution >= 0.6 is 0 Å². The van der Waals surface area contributed by atoms with Crippen LogP contribution in [0.3, 0.4) is 0 Å². The Morgan fingerprint density at radius 3 is 1.09 bits per heavy atom. The summed E-state index contributed by atoms with van der Waals surface area (Å²) in [5.74, 6) is -2.26. The Hall–Kier alpha value is -1.97. The van der Waals surface area contributed by atoms with Crippen LogP contribution in [0.4, 0.5) is 0 Å². The van der Waals surface area contributed by atoms with Crippen LogP contribution in [0.1, 0.15) is 290 Å². The van der Waals surface area contributed by atoms with Crippen molar-refractivity contribution >= 4 is 17.9 Å². The Morgan fingerprint density at radius 1 is 0.426 bits per heavy atom. The average Bonchev–Trinajstić information content (AvgIpc) is 3.30. The lowest BCUT2D eigenvalue weighted by atomic mass is 10.0. The molecule has 2 atom stereocenters. The van der Waals surface area contributed by atoms with Gasteiger partial charge in [0, 0.05) is 12.8 Å². The van der Waals surface area contributed by atoms with Crippen molar-refractivity contribution in [3.05, 3.63) is 12.2 Å². The molecule has 0 radical (unpaired) electrons. The predicted molar refractivity (Wildman–Crippen MR) is 283 cm³/mol. The average molecular weight is 965 g/mol. The first-order valence-corrected chi connectivity index (χ1v) is 29.3. The van der Waals surface area contributed by atoms with Crippen molar-refractivity contribution in [1.29, 1.82) is 0 Å². The van der Waals surface area contributed by atoms with Crippen molar-refractivity contribution in [3.8, 4) is 0 Å². The highest BCUT2D eigenvalue weighted by atomic mass is 16.7. The number of esters is 2. The maximum Gasteiger partial charge on any atom is 0.306 e. The van der Waals surface area contributed by atoms with E-state index in [4.69, 9.17) is 18.9 Å². The fraction of sp³-hybridized carbons (Fsp3) is 0.915. The van der Waals surface area contributed by atoms with Gasteiger partial charge in [-0.1, -0.05) is 251 Å². The molecule has 9 heteroatoms. The van der Waals surface area contributed by atoms with E-state index in [1.165, 1.54) is 225 Å². The first kappa shape index (κ1) is 66.0. The van der Waals surface area contributed by atoms with Gasteiger partial charge in [0.05, 0.1) is 40.3 Å². The summed E-state index contributed by atoms with van der Waals surface area (Å²) in [4.78, 5) is 37.3. The van der Waals surface area contributed by atoms with Crippen molar-refractivity contribution in [1.82, 2.24) is 0 Å². The van der Waals surface area contributed by atoms with E-state index < -0.39 is 24.3 Å². The summed E-state index contributed by atoms with van der Waals surface area (Å²) < 4.78 is 22.7. The molecule has 0 amide bonds. The Bertz CT molecular complexity index is 1120. The number of hydrogen-bond acceptors (Lipinski definition) is 8. The third-order valence-electron chi connectivity index (χ3n) is 13.3. The number of carbonyl (C=O) groups is 3. The number of hydrogen-bond donors (Lipinski definition) is 0. The Labute approximate surface area is 421 Å². The second-order valence-corrected chi connectivity index (χ2v) is 21.3. The molecule has 0 aromatic rings. The number of carbonyl (C=O) groups excluding carboxylic acids is 3. The van der Waals surface area contributed by atoms with Gasteiger partial charge in [0.15, 0.2) is 12.4 Å². The van der Waals surface area contributed by atoms with Gasteiger partial charge in [-0.05, 0) is 38.5 Å². The van der Waals surface area contributed by atoms with Crippen LogP contribution in [-0.2, 0) is 33.3 Å². The highest BCUT2D eigenvalue weighted by Crippen LogP contribution is 2.17. The zero-order valence-corrected chi connectivity index (χ0v) is 45.8. The molecule has 0 heterocycles. The molecule has 0 saturated heterocycles. The van der Waals surface area contributed by atoms with E-state index in [1.54, 1.807) is 0 Å². The van der Waals surface area contributed by atoms with Gasteiger partial charge in [-0.3, -0.25) is 9.59 Å². The Morgan fingerprint density at radius 2 is 0.750 bits per heavy atom. The molecule has 0 aliphatic heterocycles. The third-order valence-corrected chi connectivity index (χ3v) is 13.3. The number of rotatable bonds is 55. The molecule has 402 valence electrons. The zero-order valence-electron chi connectivity index (χ0n) is 45.8. The molecule has 0 spiro atoms. The SMILES string of the molecule is CCCCCCCCCC/C=C\CCCCCCCCCCCCCC(=O)OC(COC(=O)CCCCCCCCCCCCCCCCCCCCCC)COC(OCC[N+](C)(C)C)C(=O)[O-]. The molecule has 0 saturated carbocycles. The molecule has 9 nitrogen and oxygen atoms in total. The lowest BCUT2D eigenvalue weighted by molar-refractivity contribution is -0.870. The topological polar surface area (TPSA) is 111 Å². The number of unbranched alkanes of at least 4 members (excludes halogenated alkanes) is 38. The number of carboxylic acids is 1. The number of nitrogens with zero attached hydrogens (tertiary/aromatic N) is 1.